The number of aromatic nitrogens is 1. The predicted octanol–water partition coefficient (Wildman–Crippen LogP) is 0.551. The fourth-order valence-electron chi connectivity index (χ4n) is 1.48. The van der Waals surface area contributed by atoms with E-state index in [-0.39, 0.29) is 5.25 Å². The highest BCUT2D eigenvalue weighted by atomic mass is 32.2. The lowest BCUT2D eigenvalue weighted by Crippen LogP contribution is -2.18. The lowest BCUT2D eigenvalue weighted by atomic mass is 10.4. The molecule has 13 heavy (non-hydrogen) atoms. The van der Waals surface area contributed by atoms with Crippen LogP contribution in [-0.4, -0.2) is 27.5 Å². The summed E-state index contributed by atoms with van der Waals surface area (Å²) in [6.07, 6.45) is 4.39. The Morgan fingerprint density at radius 3 is 2.85 bits per heavy atom. The number of rotatable bonds is 2. The standard InChI is InChI=1S/C9H12N2OS/c12-13(9-3-6-11-7-9)8-1-4-10-5-2-8/h1-2,4-5,9,11H,3,6-7H2/t9-,13?/m0/s1. The van der Waals surface area contributed by atoms with Gasteiger partial charge in [0.25, 0.3) is 0 Å². The summed E-state index contributed by atoms with van der Waals surface area (Å²) in [7, 11) is -0.861. The second-order valence-corrected chi connectivity index (χ2v) is 4.83. The van der Waals surface area contributed by atoms with E-state index in [1.165, 1.54) is 0 Å². The molecule has 1 aromatic rings. The van der Waals surface area contributed by atoms with E-state index in [9.17, 15) is 4.21 Å². The number of hydrogen-bond donors (Lipinski definition) is 1. The van der Waals surface area contributed by atoms with Crippen LogP contribution in [0.2, 0.25) is 0 Å². The van der Waals surface area contributed by atoms with Gasteiger partial charge >= 0.3 is 0 Å². The van der Waals surface area contributed by atoms with Crippen molar-refractivity contribution in [2.75, 3.05) is 13.1 Å². The summed E-state index contributed by atoms with van der Waals surface area (Å²) in [5.41, 5.74) is 0. The quantitative estimate of drug-likeness (QED) is 0.751. The molecule has 0 aromatic carbocycles. The molecule has 70 valence electrons. The van der Waals surface area contributed by atoms with E-state index in [0.29, 0.717) is 0 Å². The molecule has 2 heterocycles. The van der Waals surface area contributed by atoms with Crippen LogP contribution in [0.3, 0.4) is 0 Å². The molecule has 1 saturated heterocycles. The highest BCUT2D eigenvalue weighted by Gasteiger charge is 2.21. The number of nitrogens with zero attached hydrogens (tertiary/aromatic N) is 1. The van der Waals surface area contributed by atoms with Gasteiger partial charge in [0.2, 0.25) is 0 Å². The summed E-state index contributed by atoms with van der Waals surface area (Å²) in [4.78, 5) is 4.80. The molecular formula is C9H12N2OS. The average molecular weight is 196 g/mol. The van der Waals surface area contributed by atoms with Gasteiger partial charge in [-0.2, -0.15) is 0 Å². The van der Waals surface area contributed by atoms with Gasteiger partial charge in [-0.1, -0.05) is 0 Å². The van der Waals surface area contributed by atoms with E-state index < -0.39 is 10.8 Å². The molecule has 2 rings (SSSR count). The number of hydrogen-bond acceptors (Lipinski definition) is 3. The van der Waals surface area contributed by atoms with Gasteiger partial charge in [0, 0.05) is 23.8 Å². The van der Waals surface area contributed by atoms with Crippen molar-refractivity contribution in [2.24, 2.45) is 0 Å². The molecule has 1 aliphatic rings. The van der Waals surface area contributed by atoms with Crippen LogP contribution in [0.1, 0.15) is 6.42 Å². The van der Waals surface area contributed by atoms with E-state index in [0.717, 1.165) is 24.4 Å². The summed E-state index contributed by atoms with van der Waals surface area (Å²) >= 11 is 0. The first kappa shape index (κ1) is 8.84. The first-order chi connectivity index (χ1) is 6.38. The Labute approximate surface area is 80.0 Å². The first-order valence-electron chi connectivity index (χ1n) is 4.39. The van der Waals surface area contributed by atoms with Crippen LogP contribution >= 0.6 is 0 Å². The normalized spacial score (nSPS) is 24.5. The molecule has 0 saturated carbocycles. The van der Waals surface area contributed by atoms with Gasteiger partial charge in [0.1, 0.15) is 0 Å². The third kappa shape index (κ3) is 1.95. The number of nitrogens with one attached hydrogen (secondary N) is 1. The summed E-state index contributed by atoms with van der Waals surface area (Å²) in [5.74, 6) is 0. The van der Waals surface area contributed by atoms with Crippen LogP contribution in [0.15, 0.2) is 29.4 Å². The van der Waals surface area contributed by atoms with Gasteiger partial charge in [0.15, 0.2) is 0 Å². The second kappa shape index (κ2) is 3.98. The van der Waals surface area contributed by atoms with Crippen molar-refractivity contribution in [1.29, 1.82) is 0 Å². The summed E-state index contributed by atoms with van der Waals surface area (Å²) < 4.78 is 11.9. The lowest BCUT2D eigenvalue weighted by Gasteiger charge is -2.07. The zero-order valence-electron chi connectivity index (χ0n) is 7.27. The van der Waals surface area contributed by atoms with Crippen LogP contribution in [0.25, 0.3) is 0 Å². The SMILES string of the molecule is O=S(c1ccncc1)[C@H]1CCNC1. The van der Waals surface area contributed by atoms with Gasteiger partial charge in [-0.15, -0.1) is 0 Å². The molecule has 1 unspecified atom stereocenters. The molecule has 0 radical (unpaired) electrons. The van der Waals surface area contributed by atoms with Gasteiger partial charge < -0.3 is 5.32 Å². The van der Waals surface area contributed by atoms with Crippen LogP contribution in [-0.2, 0) is 10.8 Å². The molecule has 3 nitrogen and oxygen atoms in total. The van der Waals surface area contributed by atoms with Crippen molar-refractivity contribution in [3.63, 3.8) is 0 Å². The van der Waals surface area contributed by atoms with Gasteiger partial charge in [0.05, 0.1) is 16.0 Å². The Balaban J connectivity index is 2.13. The smallest absolute Gasteiger partial charge is 0.0575 e. The van der Waals surface area contributed by atoms with Crippen molar-refractivity contribution in [3.8, 4) is 0 Å². The summed E-state index contributed by atoms with van der Waals surface area (Å²) in [6.45, 7) is 1.86. The third-order valence-corrected chi connectivity index (χ3v) is 3.94. The Kier molecular flexibility index (Phi) is 2.71. The van der Waals surface area contributed by atoms with E-state index >= 15 is 0 Å². The average Bonchev–Trinajstić information content (AvgIpc) is 2.71. The molecule has 0 amide bonds. The molecular weight excluding hydrogens is 184 g/mol. The monoisotopic (exact) mass is 196 g/mol. The maximum absolute atomic E-state index is 11.9. The zero-order chi connectivity index (χ0) is 9.10. The maximum Gasteiger partial charge on any atom is 0.0575 e. The van der Waals surface area contributed by atoms with Crippen LogP contribution < -0.4 is 5.32 Å². The maximum atomic E-state index is 11.9. The van der Waals surface area contributed by atoms with E-state index in [1.54, 1.807) is 12.4 Å². The first-order valence-corrected chi connectivity index (χ1v) is 5.60. The van der Waals surface area contributed by atoms with Crippen LogP contribution in [0.4, 0.5) is 0 Å². The van der Waals surface area contributed by atoms with Crippen molar-refractivity contribution in [2.45, 2.75) is 16.6 Å². The fourth-order valence-corrected chi connectivity index (χ4v) is 2.85. The van der Waals surface area contributed by atoms with Crippen molar-refractivity contribution in [1.82, 2.24) is 10.3 Å². The molecule has 1 N–H and O–H groups in total. The van der Waals surface area contributed by atoms with Crippen molar-refractivity contribution >= 4 is 10.8 Å². The fraction of sp³-hybridized carbons (Fsp3) is 0.444. The molecule has 4 heteroatoms. The molecule has 2 atom stereocenters. The van der Waals surface area contributed by atoms with Gasteiger partial charge in [-0.25, -0.2) is 0 Å². The Hall–Kier alpha value is -0.740. The zero-order valence-corrected chi connectivity index (χ0v) is 8.09. The third-order valence-electron chi connectivity index (χ3n) is 2.20. The summed E-state index contributed by atoms with van der Waals surface area (Å²) in [6, 6.07) is 3.66. The Morgan fingerprint density at radius 2 is 2.23 bits per heavy atom. The molecule has 1 aromatic heterocycles. The highest BCUT2D eigenvalue weighted by molar-refractivity contribution is 7.85. The minimum atomic E-state index is -0.861. The van der Waals surface area contributed by atoms with E-state index in [2.05, 4.69) is 10.3 Å². The van der Waals surface area contributed by atoms with Crippen LogP contribution in [0, 0.1) is 0 Å². The lowest BCUT2D eigenvalue weighted by molar-refractivity contribution is 0.672. The Bertz CT molecular complexity index is 296. The largest absolute Gasteiger partial charge is 0.315 e. The summed E-state index contributed by atoms with van der Waals surface area (Å²) in [5, 5.41) is 3.49. The minimum absolute atomic E-state index is 0.280. The minimum Gasteiger partial charge on any atom is -0.315 e. The Morgan fingerprint density at radius 1 is 1.46 bits per heavy atom. The topological polar surface area (TPSA) is 42.0 Å². The van der Waals surface area contributed by atoms with Gasteiger partial charge in [-0.3, -0.25) is 9.19 Å². The molecule has 1 fully saturated rings. The number of pyridine rings is 1. The second-order valence-electron chi connectivity index (χ2n) is 3.10. The molecule has 0 spiro atoms. The van der Waals surface area contributed by atoms with E-state index in [4.69, 9.17) is 0 Å². The van der Waals surface area contributed by atoms with E-state index in [1.807, 2.05) is 12.1 Å². The highest BCUT2D eigenvalue weighted by Crippen LogP contribution is 2.14. The molecule has 0 bridgehead atoms. The van der Waals surface area contributed by atoms with Crippen molar-refractivity contribution in [3.05, 3.63) is 24.5 Å². The van der Waals surface area contributed by atoms with Crippen LogP contribution in [0.5, 0.6) is 0 Å². The van der Waals surface area contributed by atoms with Crippen molar-refractivity contribution < 1.29 is 4.21 Å². The predicted molar refractivity (Wildman–Crippen MR) is 51.9 cm³/mol. The molecule has 1 aliphatic heterocycles. The molecule has 0 aliphatic carbocycles. The van der Waals surface area contributed by atoms with Gasteiger partial charge in [-0.05, 0) is 25.1 Å².